The van der Waals surface area contributed by atoms with Crippen LogP contribution in [-0.2, 0) is 14.4 Å². The van der Waals surface area contributed by atoms with Crippen molar-refractivity contribution in [2.24, 2.45) is 11.7 Å². The second-order valence-corrected chi connectivity index (χ2v) is 10.3. The number of hydrogen-bond acceptors (Lipinski definition) is 7. The Labute approximate surface area is 248 Å². The maximum Gasteiger partial charge on any atom is 0.336 e. The second-order valence-electron chi connectivity index (χ2n) is 10.3. The molecule has 4 amide bonds. The Morgan fingerprint density at radius 3 is 2.35 bits per heavy atom. The van der Waals surface area contributed by atoms with Crippen LogP contribution < -0.4 is 37.9 Å². The largest absolute Gasteiger partial charge is 0.423 e. The Morgan fingerprint density at radius 1 is 0.953 bits per heavy atom. The molecule has 0 aliphatic rings. The molecule has 228 valence electrons. The highest BCUT2D eigenvalue weighted by molar-refractivity contribution is 6.00. The van der Waals surface area contributed by atoms with Crippen molar-refractivity contribution in [2.75, 3.05) is 18.4 Å². The zero-order chi connectivity index (χ0) is 31.5. The van der Waals surface area contributed by atoms with Crippen LogP contribution in [0.3, 0.4) is 0 Å². The van der Waals surface area contributed by atoms with Gasteiger partial charge >= 0.3 is 5.63 Å². The number of rotatable bonds is 13. The van der Waals surface area contributed by atoms with E-state index in [0.717, 1.165) is 5.56 Å². The number of anilines is 1. The number of benzene rings is 2. The van der Waals surface area contributed by atoms with Gasteiger partial charge in [0.2, 0.25) is 17.7 Å². The third kappa shape index (κ3) is 9.69. The fourth-order valence-electron chi connectivity index (χ4n) is 4.30. The van der Waals surface area contributed by atoms with Gasteiger partial charge in [-0.2, -0.15) is 0 Å². The molecule has 43 heavy (non-hydrogen) atoms. The van der Waals surface area contributed by atoms with Crippen LogP contribution in [0.1, 0.15) is 42.6 Å². The van der Waals surface area contributed by atoms with Crippen LogP contribution in [0.15, 0.2) is 63.8 Å². The monoisotopic (exact) mass is 591 g/mol. The molecule has 3 aromatic rings. The Morgan fingerprint density at radius 2 is 1.67 bits per heavy atom. The van der Waals surface area contributed by atoms with Crippen molar-refractivity contribution in [1.29, 1.82) is 5.41 Å². The number of aryl methyl sites for hydroxylation is 1. The van der Waals surface area contributed by atoms with Crippen molar-refractivity contribution in [3.63, 3.8) is 0 Å². The first-order valence-corrected chi connectivity index (χ1v) is 13.8. The van der Waals surface area contributed by atoms with Crippen LogP contribution in [0.5, 0.6) is 0 Å². The first kappa shape index (κ1) is 32.3. The number of hydrogen-bond donors (Lipinski definition) is 7. The maximum atomic E-state index is 13.2. The molecule has 0 saturated carbocycles. The highest BCUT2D eigenvalue weighted by atomic mass is 16.4. The van der Waals surface area contributed by atoms with Gasteiger partial charge in [-0.15, -0.1) is 0 Å². The average molecular weight is 592 g/mol. The molecule has 0 bridgehead atoms. The zero-order valence-corrected chi connectivity index (χ0v) is 24.3. The molecule has 0 radical (unpaired) electrons. The summed E-state index contributed by atoms with van der Waals surface area (Å²) in [4.78, 5) is 63.3. The predicted octanol–water partition coefficient (Wildman–Crippen LogP) is 1.36. The highest BCUT2D eigenvalue weighted by Crippen LogP contribution is 2.21. The quantitative estimate of drug-likeness (QED) is 0.0666. The lowest BCUT2D eigenvalue weighted by Gasteiger charge is -2.22. The van der Waals surface area contributed by atoms with Gasteiger partial charge in [0.15, 0.2) is 5.96 Å². The molecule has 13 nitrogen and oxygen atoms in total. The Hall–Kier alpha value is -5.20. The number of carbonyl (C=O) groups is 4. The first-order chi connectivity index (χ1) is 20.4. The van der Waals surface area contributed by atoms with E-state index in [0.29, 0.717) is 35.2 Å². The number of nitrogens with one attached hydrogen (secondary N) is 6. The Balaban J connectivity index is 1.64. The summed E-state index contributed by atoms with van der Waals surface area (Å²) in [7, 11) is 0. The summed E-state index contributed by atoms with van der Waals surface area (Å²) in [6, 6.07) is 12.8. The third-order valence-electron chi connectivity index (χ3n) is 6.55. The molecule has 0 aliphatic heterocycles. The van der Waals surface area contributed by atoms with E-state index in [1.807, 2.05) is 0 Å². The van der Waals surface area contributed by atoms with E-state index in [4.69, 9.17) is 15.6 Å². The smallest absolute Gasteiger partial charge is 0.336 e. The van der Waals surface area contributed by atoms with Crippen molar-refractivity contribution in [2.45, 2.75) is 45.7 Å². The van der Waals surface area contributed by atoms with Crippen LogP contribution >= 0.6 is 0 Å². The van der Waals surface area contributed by atoms with Crippen molar-refractivity contribution in [3.05, 3.63) is 76.1 Å². The van der Waals surface area contributed by atoms with Gasteiger partial charge in [0.05, 0.1) is 6.54 Å². The highest BCUT2D eigenvalue weighted by Gasteiger charge is 2.26. The summed E-state index contributed by atoms with van der Waals surface area (Å²) in [5.74, 6) is -2.61. The molecule has 8 N–H and O–H groups in total. The minimum Gasteiger partial charge on any atom is -0.423 e. The van der Waals surface area contributed by atoms with E-state index in [2.05, 4.69) is 26.6 Å². The van der Waals surface area contributed by atoms with E-state index in [9.17, 15) is 24.0 Å². The Kier molecular flexibility index (Phi) is 11.4. The van der Waals surface area contributed by atoms with E-state index in [-0.39, 0.29) is 18.3 Å². The molecular weight excluding hydrogens is 554 g/mol. The summed E-state index contributed by atoms with van der Waals surface area (Å²) >= 11 is 0. The fraction of sp³-hybridized carbons (Fsp3) is 0.333. The standard InChI is InChI=1S/C30H37N7O6/c1-17(2)26(37-27(40)19-8-5-4-6-9-19)29(42)34-16-24(38)36-22(10-7-13-33-30(31)32)28(41)35-20-11-12-21-18(3)14-25(39)43-23(21)15-20/h4-6,8-9,11-12,14-15,17,22,26H,7,10,13,16H2,1-3H3,(H,34,42)(H,35,41)(H,36,38)(H,37,40)(H4,31,32,33)/t22-,26-/m0/s1. The van der Waals surface area contributed by atoms with E-state index in [1.54, 1.807) is 63.2 Å². The van der Waals surface area contributed by atoms with E-state index < -0.39 is 47.9 Å². The minimum absolute atomic E-state index is 0.190. The van der Waals surface area contributed by atoms with Crippen LogP contribution in [0, 0.1) is 18.3 Å². The molecule has 13 heteroatoms. The van der Waals surface area contributed by atoms with E-state index in [1.165, 1.54) is 12.1 Å². The maximum absolute atomic E-state index is 13.2. The van der Waals surface area contributed by atoms with Gasteiger partial charge in [-0.05, 0) is 55.5 Å². The number of carbonyl (C=O) groups excluding carboxylic acids is 4. The predicted molar refractivity (Wildman–Crippen MR) is 162 cm³/mol. The molecule has 0 saturated heterocycles. The summed E-state index contributed by atoms with van der Waals surface area (Å²) in [5.41, 5.74) is 6.59. The molecule has 1 heterocycles. The molecule has 0 fully saturated rings. The van der Waals surface area contributed by atoms with Gasteiger partial charge in [0.25, 0.3) is 5.91 Å². The van der Waals surface area contributed by atoms with Crippen LogP contribution in [-0.4, -0.2) is 54.8 Å². The molecule has 0 unspecified atom stereocenters. The van der Waals surface area contributed by atoms with Crippen molar-refractivity contribution < 1.29 is 23.6 Å². The fourth-order valence-corrected chi connectivity index (χ4v) is 4.30. The number of nitrogens with two attached hydrogens (primary N) is 1. The lowest BCUT2D eigenvalue weighted by molar-refractivity contribution is -0.129. The van der Waals surface area contributed by atoms with Gasteiger partial charge in [-0.25, -0.2) is 4.79 Å². The molecular formula is C30H37N7O6. The number of amides is 4. The summed E-state index contributed by atoms with van der Waals surface area (Å²) in [6.07, 6.45) is 0.576. The van der Waals surface area contributed by atoms with Crippen molar-refractivity contribution in [3.8, 4) is 0 Å². The van der Waals surface area contributed by atoms with Gasteiger partial charge in [-0.1, -0.05) is 32.0 Å². The van der Waals surface area contributed by atoms with Gasteiger partial charge < -0.3 is 36.7 Å². The average Bonchev–Trinajstić information content (AvgIpc) is 2.95. The van der Waals surface area contributed by atoms with Crippen LogP contribution in [0.4, 0.5) is 5.69 Å². The summed E-state index contributed by atoms with van der Waals surface area (Å²) in [5, 5.41) is 21.2. The SMILES string of the molecule is Cc1cc(=O)oc2cc(NC(=O)[C@H](CCCNC(=N)N)NC(=O)CNC(=O)[C@@H](NC(=O)c3ccccc3)C(C)C)ccc12. The normalized spacial score (nSPS) is 12.2. The molecule has 0 aliphatic carbocycles. The van der Waals surface area contributed by atoms with Crippen LogP contribution in [0.25, 0.3) is 11.0 Å². The number of fused-ring (bicyclic) bond motifs is 1. The third-order valence-corrected chi connectivity index (χ3v) is 6.55. The van der Waals surface area contributed by atoms with Gasteiger partial charge in [-0.3, -0.25) is 24.6 Å². The van der Waals surface area contributed by atoms with Gasteiger partial charge in [0.1, 0.15) is 17.7 Å². The first-order valence-electron chi connectivity index (χ1n) is 13.8. The minimum atomic E-state index is -1.00. The van der Waals surface area contributed by atoms with E-state index >= 15 is 0 Å². The lowest BCUT2D eigenvalue weighted by Crippen LogP contribution is -2.53. The molecule has 2 aromatic carbocycles. The van der Waals surface area contributed by atoms with Crippen molar-refractivity contribution >= 4 is 46.2 Å². The molecule has 1 aromatic heterocycles. The summed E-state index contributed by atoms with van der Waals surface area (Å²) in [6.45, 7) is 5.18. The topological polar surface area (TPSA) is 209 Å². The Bertz CT molecular complexity index is 1540. The second kappa shape index (κ2) is 15.1. The van der Waals surface area contributed by atoms with Gasteiger partial charge in [0, 0.05) is 35.3 Å². The number of guanidine groups is 1. The van der Waals surface area contributed by atoms with Crippen LogP contribution in [0.2, 0.25) is 0 Å². The lowest BCUT2D eigenvalue weighted by atomic mass is 10.0. The molecule has 3 rings (SSSR count). The molecule has 0 spiro atoms. The zero-order valence-electron chi connectivity index (χ0n) is 24.3. The summed E-state index contributed by atoms with van der Waals surface area (Å²) < 4.78 is 5.25. The van der Waals surface area contributed by atoms with Crippen molar-refractivity contribution in [1.82, 2.24) is 21.3 Å². The molecule has 2 atom stereocenters.